The van der Waals surface area contributed by atoms with E-state index in [9.17, 15) is 0 Å². The summed E-state index contributed by atoms with van der Waals surface area (Å²) in [5, 5.41) is 0. The fourth-order valence-electron chi connectivity index (χ4n) is 6.18. The molecule has 0 fully saturated rings. The number of rotatable bonds is 14. The molecule has 6 rings (SSSR count). The quantitative estimate of drug-likeness (QED) is 0.109. The van der Waals surface area contributed by atoms with Gasteiger partial charge in [-0.3, -0.25) is 0 Å². The summed E-state index contributed by atoms with van der Waals surface area (Å²) in [4.78, 5) is 15.9. The Bertz CT molecular complexity index is 1980. The summed E-state index contributed by atoms with van der Waals surface area (Å²) in [5.41, 5.74) is 12.1. The molecule has 0 aliphatic heterocycles. The first kappa shape index (κ1) is 40.2. The molecule has 4 aromatic carbocycles. The van der Waals surface area contributed by atoms with E-state index in [-0.39, 0.29) is 0 Å². The van der Waals surface area contributed by atoms with Gasteiger partial charge in [-0.1, -0.05) is 48.5 Å². The lowest BCUT2D eigenvalue weighted by atomic mass is 9.99. The molecule has 0 saturated carbocycles. The van der Waals surface area contributed by atoms with Gasteiger partial charge in [0.25, 0.3) is 0 Å². The third kappa shape index (κ3) is 10.6. The number of benzene rings is 4. The smallest absolute Gasteiger partial charge is 0.217 e. The highest BCUT2D eigenvalue weighted by Gasteiger charge is 2.11. The third-order valence-corrected chi connectivity index (χ3v) is 9.30. The lowest BCUT2D eigenvalue weighted by Gasteiger charge is -2.21. The van der Waals surface area contributed by atoms with Crippen molar-refractivity contribution in [2.45, 2.75) is 27.7 Å². The fourth-order valence-corrected chi connectivity index (χ4v) is 6.18. The van der Waals surface area contributed by atoms with Crippen LogP contribution in [0.3, 0.4) is 0 Å². The summed E-state index contributed by atoms with van der Waals surface area (Å²) < 4.78 is 16.4. The minimum Gasteiger partial charge on any atom is -0.497 e. The molecule has 8 heteroatoms. The Morgan fingerprint density at radius 3 is 1.20 bits per heavy atom. The summed E-state index contributed by atoms with van der Waals surface area (Å²) in [6.45, 7) is 11.4. The van der Waals surface area contributed by atoms with E-state index >= 15 is 0 Å². The summed E-state index contributed by atoms with van der Waals surface area (Å²) in [6, 6.07) is 42.0. The molecule has 8 nitrogen and oxygen atoms in total. The van der Waals surface area contributed by atoms with Gasteiger partial charge in [-0.2, -0.15) is 4.98 Å². The van der Waals surface area contributed by atoms with Crippen LogP contribution < -0.4 is 28.9 Å². The van der Waals surface area contributed by atoms with E-state index in [1.807, 2.05) is 66.3 Å². The predicted molar refractivity (Wildman–Crippen MR) is 231 cm³/mol. The van der Waals surface area contributed by atoms with Crippen molar-refractivity contribution < 1.29 is 14.2 Å². The summed E-state index contributed by atoms with van der Waals surface area (Å²) >= 11 is 0. The van der Waals surface area contributed by atoms with Crippen LogP contribution in [0, 0.1) is 0 Å². The van der Waals surface area contributed by atoms with Gasteiger partial charge in [0.15, 0.2) is 0 Å². The first-order valence-electron chi connectivity index (χ1n) is 19.0. The maximum Gasteiger partial charge on any atom is 0.217 e. The Labute approximate surface area is 328 Å². The van der Waals surface area contributed by atoms with E-state index in [0.717, 1.165) is 63.6 Å². The highest BCUT2D eigenvalue weighted by molar-refractivity contribution is 5.78. The molecule has 2 heterocycles. The minimum atomic E-state index is 0.586. The van der Waals surface area contributed by atoms with Crippen molar-refractivity contribution in [2.24, 2.45) is 0 Å². The largest absolute Gasteiger partial charge is 0.497 e. The average molecular weight is 738 g/mol. The molecule has 0 aliphatic carbocycles. The van der Waals surface area contributed by atoms with Crippen LogP contribution in [0.1, 0.15) is 27.7 Å². The van der Waals surface area contributed by atoms with Crippen molar-refractivity contribution in [2.75, 3.05) is 76.3 Å². The van der Waals surface area contributed by atoms with E-state index in [4.69, 9.17) is 19.2 Å². The van der Waals surface area contributed by atoms with Gasteiger partial charge in [-0.25, -0.2) is 4.98 Å². The maximum atomic E-state index is 5.55. The lowest BCUT2D eigenvalue weighted by molar-refractivity contribution is 0.299. The first-order valence-corrected chi connectivity index (χ1v) is 19.0. The van der Waals surface area contributed by atoms with Gasteiger partial charge in [0.05, 0.1) is 31.7 Å². The van der Waals surface area contributed by atoms with E-state index in [2.05, 4.69) is 131 Å². The lowest BCUT2D eigenvalue weighted by Crippen LogP contribution is -2.21. The SMILES string of the molecule is CCOc1cc(-c2ccc(N(CC)CC)cc2)cc(OCC)n1.COc1ccc(-c2cc(-c3ccc(N(C)C)cc3)nc(-c3ccc(N(C)C)cc3)c2)cc1. The number of anilines is 3. The molecule has 0 atom stereocenters. The first-order chi connectivity index (χ1) is 26.7. The van der Waals surface area contributed by atoms with Crippen LogP contribution in [0.2, 0.25) is 0 Å². The summed E-state index contributed by atoms with van der Waals surface area (Å²) in [5.74, 6) is 2.05. The Kier molecular flexibility index (Phi) is 14.1. The van der Waals surface area contributed by atoms with Gasteiger partial charge in [-0.05, 0) is 111 Å². The van der Waals surface area contributed by atoms with Crippen LogP contribution in [-0.4, -0.2) is 71.6 Å². The molecule has 0 aliphatic rings. The van der Waals surface area contributed by atoms with Crippen LogP contribution >= 0.6 is 0 Å². The molecule has 0 radical (unpaired) electrons. The number of aromatic nitrogens is 2. The monoisotopic (exact) mass is 737 g/mol. The highest BCUT2D eigenvalue weighted by atomic mass is 16.5. The number of methoxy groups -OCH3 is 1. The van der Waals surface area contributed by atoms with Crippen molar-refractivity contribution in [3.8, 4) is 62.3 Å². The average Bonchev–Trinajstić information content (AvgIpc) is 3.22. The zero-order valence-corrected chi connectivity index (χ0v) is 33.8. The van der Waals surface area contributed by atoms with Gasteiger partial charge in [0.1, 0.15) is 5.75 Å². The molecule has 55 heavy (non-hydrogen) atoms. The molecule has 286 valence electrons. The minimum absolute atomic E-state index is 0.586. The molecule has 0 saturated heterocycles. The van der Waals surface area contributed by atoms with Gasteiger partial charge < -0.3 is 28.9 Å². The molecule has 0 unspecified atom stereocenters. The second kappa shape index (κ2) is 19.3. The van der Waals surface area contributed by atoms with Gasteiger partial charge in [0.2, 0.25) is 11.8 Å². The molecule has 0 amide bonds. The summed E-state index contributed by atoms with van der Waals surface area (Å²) in [7, 11) is 9.88. The molecular weight excluding hydrogens is 683 g/mol. The highest BCUT2D eigenvalue weighted by Crippen LogP contribution is 2.33. The number of pyridine rings is 2. The summed E-state index contributed by atoms with van der Waals surface area (Å²) in [6.07, 6.45) is 0. The fraction of sp³-hybridized carbons (Fsp3) is 0.277. The molecule has 6 aromatic rings. The second-order valence-electron chi connectivity index (χ2n) is 13.4. The van der Waals surface area contributed by atoms with Crippen LogP contribution in [0.25, 0.3) is 44.8 Å². The number of hydrogen-bond donors (Lipinski definition) is 0. The van der Waals surface area contributed by atoms with Gasteiger partial charge >= 0.3 is 0 Å². The van der Waals surface area contributed by atoms with E-state index in [1.165, 1.54) is 17.1 Å². The Morgan fingerprint density at radius 2 is 0.818 bits per heavy atom. The second-order valence-corrected chi connectivity index (χ2v) is 13.4. The molecular formula is C47H55N5O3. The Hall–Kier alpha value is -6.02. The van der Waals surface area contributed by atoms with Gasteiger partial charge in [-0.15, -0.1) is 0 Å². The zero-order valence-electron chi connectivity index (χ0n) is 33.8. The molecule has 0 spiro atoms. The normalized spacial score (nSPS) is 10.6. The topological polar surface area (TPSA) is 63.2 Å². The zero-order chi connectivity index (χ0) is 39.3. The van der Waals surface area contributed by atoms with Crippen molar-refractivity contribution in [1.82, 2.24) is 9.97 Å². The van der Waals surface area contributed by atoms with Crippen LogP contribution in [0.4, 0.5) is 17.1 Å². The van der Waals surface area contributed by atoms with E-state index in [1.54, 1.807) is 7.11 Å². The maximum absolute atomic E-state index is 5.55. The predicted octanol–water partition coefficient (Wildman–Crippen LogP) is 10.6. The van der Waals surface area contributed by atoms with Crippen LogP contribution in [-0.2, 0) is 0 Å². The van der Waals surface area contributed by atoms with E-state index < -0.39 is 0 Å². The van der Waals surface area contributed by atoms with Crippen molar-refractivity contribution >= 4 is 17.1 Å². The van der Waals surface area contributed by atoms with Crippen LogP contribution in [0.5, 0.6) is 17.5 Å². The molecule has 0 bridgehead atoms. The van der Waals surface area contributed by atoms with Crippen molar-refractivity contribution in [3.05, 3.63) is 121 Å². The number of nitrogens with zero attached hydrogens (tertiary/aromatic N) is 5. The van der Waals surface area contributed by atoms with Crippen molar-refractivity contribution in [1.29, 1.82) is 0 Å². The molecule has 2 aromatic heterocycles. The standard InChI is InChI=1S/C28H29N3O.C19H26N2O2/c1-30(2)24-12-6-21(7-13-24)27-18-23(20-10-16-26(32-5)17-11-20)19-28(29-27)22-8-14-25(15-9-22)31(3)4;1-5-21(6-2)17-11-9-15(10-12-17)16-13-18(22-7-3)20-19(14-16)23-8-4/h6-19H,1-5H3;9-14H,5-8H2,1-4H3. The Morgan fingerprint density at radius 1 is 0.436 bits per heavy atom. The number of ether oxygens (including phenoxy) is 3. The van der Waals surface area contributed by atoms with E-state index in [0.29, 0.717) is 25.0 Å². The van der Waals surface area contributed by atoms with Gasteiger partial charge in [0, 0.05) is 81.6 Å². The number of hydrogen-bond acceptors (Lipinski definition) is 8. The van der Waals surface area contributed by atoms with Crippen LogP contribution in [0.15, 0.2) is 121 Å². The Balaban J connectivity index is 0.000000223. The molecule has 0 N–H and O–H groups in total. The van der Waals surface area contributed by atoms with Crippen molar-refractivity contribution in [3.63, 3.8) is 0 Å². The third-order valence-electron chi connectivity index (χ3n) is 9.30.